The molecule has 1 spiro atoms. The number of ketones is 1. The van der Waals surface area contributed by atoms with Gasteiger partial charge in [-0.2, -0.15) is 0 Å². The second kappa shape index (κ2) is 18.5. The predicted molar refractivity (Wildman–Crippen MR) is 234 cm³/mol. The van der Waals surface area contributed by atoms with Crippen molar-refractivity contribution in [1.82, 2.24) is 4.90 Å². The third-order valence-electron chi connectivity index (χ3n) is 13.0. The number of aromatic hydroxyl groups is 2. The van der Waals surface area contributed by atoms with Crippen LogP contribution in [0.4, 0.5) is 10.5 Å². The van der Waals surface area contributed by atoms with E-state index in [2.05, 4.69) is 5.32 Å². The molecule has 2 aromatic carbocycles. The van der Waals surface area contributed by atoms with Crippen LogP contribution in [-0.4, -0.2) is 112 Å². The van der Waals surface area contributed by atoms with E-state index in [1.165, 1.54) is 46.3 Å². The first-order valence-corrected chi connectivity index (χ1v) is 21.8. The molecule has 0 aliphatic carbocycles. The maximum atomic E-state index is 14.7. The molecule has 17 heteroatoms. The van der Waals surface area contributed by atoms with Crippen molar-refractivity contribution in [1.29, 1.82) is 0 Å². The summed E-state index contributed by atoms with van der Waals surface area (Å²) in [6.07, 6.45) is 3.70. The number of aliphatic hydroxyl groups is 2. The molecule has 17 nitrogen and oxygen atoms in total. The number of amides is 2. The highest BCUT2D eigenvalue weighted by molar-refractivity contribution is 6.19. The van der Waals surface area contributed by atoms with E-state index >= 15 is 0 Å². The van der Waals surface area contributed by atoms with Gasteiger partial charge in [0, 0.05) is 87.1 Å². The van der Waals surface area contributed by atoms with Crippen molar-refractivity contribution in [2.75, 3.05) is 32.1 Å². The Morgan fingerprint density at radius 1 is 0.953 bits per heavy atom. The van der Waals surface area contributed by atoms with Gasteiger partial charge in [-0.25, -0.2) is 4.79 Å². The van der Waals surface area contributed by atoms with E-state index in [-0.39, 0.29) is 88.1 Å². The van der Waals surface area contributed by atoms with Crippen molar-refractivity contribution in [2.45, 2.75) is 118 Å². The average Bonchev–Trinajstić information content (AvgIpc) is 3.75. The smallest absolute Gasteiger partial charge is 0.409 e. The number of nitrogens with zero attached hydrogens (tertiary/aromatic N) is 3. The number of aliphatic hydroxyl groups excluding tert-OH is 2. The molecule has 5 N–H and O–H groups in total. The van der Waals surface area contributed by atoms with Gasteiger partial charge in [0.1, 0.15) is 28.6 Å². The summed E-state index contributed by atoms with van der Waals surface area (Å²) in [6, 6.07) is 0. The number of carbonyl (C=O) groups excluding carboxylic acids is 4. The summed E-state index contributed by atoms with van der Waals surface area (Å²) >= 11 is 0. The first-order valence-electron chi connectivity index (χ1n) is 21.8. The molecule has 2 aromatic rings. The van der Waals surface area contributed by atoms with Crippen molar-refractivity contribution in [3.05, 3.63) is 58.0 Å². The Morgan fingerprint density at radius 3 is 2.23 bits per heavy atom. The number of methoxy groups -OCH3 is 1. The van der Waals surface area contributed by atoms with E-state index in [9.17, 15) is 39.6 Å². The molecule has 0 unspecified atom stereocenters. The molecule has 2 amide bonds. The number of ether oxygens (including phenoxy) is 5. The molecule has 1 saturated heterocycles. The minimum atomic E-state index is -2.01. The van der Waals surface area contributed by atoms with E-state index in [1.807, 2.05) is 13.8 Å². The van der Waals surface area contributed by atoms with Crippen LogP contribution in [0, 0.1) is 36.5 Å². The Balaban J connectivity index is 1.52. The van der Waals surface area contributed by atoms with Crippen molar-refractivity contribution in [2.24, 2.45) is 39.6 Å². The third kappa shape index (κ3) is 8.94. The molecule has 9 atom stereocenters. The van der Waals surface area contributed by atoms with Crippen molar-refractivity contribution >= 4 is 40.2 Å². The Morgan fingerprint density at radius 2 is 1.61 bits per heavy atom. The Hall–Kier alpha value is -5.52. The van der Waals surface area contributed by atoms with Gasteiger partial charge in [0.25, 0.3) is 11.7 Å². The van der Waals surface area contributed by atoms with Gasteiger partial charge in [0.15, 0.2) is 11.4 Å². The lowest BCUT2D eigenvalue weighted by molar-refractivity contribution is -0.160. The number of hydrogen-bond acceptors (Lipinski definition) is 15. The molecule has 0 radical (unpaired) electrons. The van der Waals surface area contributed by atoms with Crippen LogP contribution in [0.2, 0.25) is 0 Å². The average molecular weight is 891 g/mol. The summed E-state index contributed by atoms with van der Waals surface area (Å²) in [5.74, 6) is -7.24. The lowest BCUT2D eigenvalue weighted by atomic mass is 9.78. The quantitative estimate of drug-likeness (QED) is 0.204. The highest BCUT2D eigenvalue weighted by atomic mass is 16.7. The number of phenols is 2. The molecule has 0 saturated carbocycles. The number of allylic oxidation sites excluding steroid dienone is 2. The van der Waals surface area contributed by atoms with Gasteiger partial charge in [0.2, 0.25) is 0 Å². The van der Waals surface area contributed by atoms with Crippen LogP contribution < -0.4 is 20.8 Å². The molecule has 4 bridgehead atoms. The molecule has 64 heavy (non-hydrogen) atoms. The molecule has 4 aliphatic rings. The zero-order valence-electron chi connectivity index (χ0n) is 38.4. The minimum Gasteiger partial charge on any atom is -0.507 e. The molecule has 6 rings (SSSR count). The maximum Gasteiger partial charge on any atom is 0.409 e. The first kappa shape index (κ1) is 47.9. The van der Waals surface area contributed by atoms with Crippen LogP contribution in [0.15, 0.2) is 46.1 Å². The number of phenolic OH excluding ortho intramolecular Hbond substituents is 2. The summed E-state index contributed by atoms with van der Waals surface area (Å²) in [5, 5.41) is 49.8. The molecular weight excluding hydrogens is 829 g/mol. The molecule has 4 aliphatic heterocycles. The van der Waals surface area contributed by atoms with Crippen LogP contribution in [-0.2, 0) is 28.5 Å². The summed E-state index contributed by atoms with van der Waals surface area (Å²) in [4.78, 5) is 65.7. The topological polar surface area (TPSA) is 235 Å². The SMILES string of the molecule is CO[C@H]1/C=C/O[C@@]2(C)Oc3c(C)c(O)c4c(O)c(c5c(c4c3C2=O)=NC2(CCN(C(=O)OCC(C)C)CC2)N=5)NC(=O)/C(C)=C\C=C\[C@H](C)[C@H](O)[C@@H](C)[C@@H](O)[C@@H](C)[C@H](OC(C)=O)[C@@H]1C. The first-order chi connectivity index (χ1) is 30.1. The number of Topliss-reactive ketones (excluding diaryl/α,β-unsaturated/α-hetero) is 1. The highest BCUT2D eigenvalue weighted by Gasteiger charge is 2.50. The number of esters is 1. The number of carbonyl (C=O) groups is 4. The van der Waals surface area contributed by atoms with Crippen LogP contribution in [0.1, 0.15) is 91.1 Å². The van der Waals surface area contributed by atoms with Crippen LogP contribution in [0.5, 0.6) is 17.2 Å². The van der Waals surface area contributed by atoms with Crippen molar-refractivity contribution in [3.8, 4) is 17.2 Å². The largest absolute Gasteiger partial charge is 0.507 e. The monoisotopic (exact) mass is 890 g/mol. The zero-order chi connectivity index (χ0) is 47.2. The lowest BCUT2D eigenvalue weighted by Gasteiger charge is -2.38. The van der Waals surface area contributed by atoms with Gasteiger partial charge in [-0.1, -0.05) is 59.8 Å². The van der Waals surface area contributed by atoms with Crippen molar-refractivity contribution < 1.29 is 63.3 Å². The number of piperidine rings is 1. The number of rotatable bonds is 4. The summed E-state index contributed by atoms with van der Waals surface area (Å²) < 4.78 is 29.4. The molecule has 0 aromatic heterocycles. The number of anilines is 1. The van der Waals surface area contributed by atoms with E-state index in [0.717, 1.165) is 0 Å². The predicted octanol–water partition coefficient (Wildman–Crippen LogP) is 4.89. The van der Waals surface area contributed by atoms with Crippen molar-refractivity contribution in [3.63, 3.8) is 0 Å². The normalized spacial score (nSPS) is 31.3. The highest BCUT2D eigenvalue weighted by Crippen LogP contribution is 2.50. The number of benzene rings is 2. The second-order valence-corrected chi connectivity index (χ2v) is 18.2. The standard InChI is InChI=1S/C47H62N4O13/c1-22(2)21-61-45(59)51-18-16-47(17-19-51)49-34-31-32-39(55)28(8)42-33(31)43(57)46(10,64-42)62-20-15-30(60-11)25(5)41(63-29(9)52)27(7)38(54)26(6)37(53)23(3)13-12-14-24(4)44(58)48-36(40(32)56)35(34)50-47/h12-15,20,22-23,25-27,30,37-38,41,53-56H,16-19,21H2,1-11H3,(H,48,58)/b13-12+,20-15+,24-14-/t23-,25+,26+,27+,30-,37-,38+,41+,46-/m0/s1. The molecule has 4 heterocycles. The summed E-state index contributed by atoms with van der Waals surface area (Å²) in [5.41, 5.74) is -1.05. The van der Waals surface area contributed by atoms with Gasteiger partial charge in [-0.3, -0.25) is 24.4 Å². The fraction of sp³-hybridized carbons (Fsp3) is 0.574. The number of nitrogens with one attached hydrogen (secondary N) is 1. The Bertz CT molecular complexity index is 2420. The van der Waals surface area contributed by atoms with Gasteiger partial charge >= 0.3 is 17.8 Å². The fourth-order valence-electron chi connectivity index (χ4n) is 8.97. The van der Waals surface area contributed by atoms with E-state index in [1.54, 1.807) is 51.7 Å². The molecule has 1 fully saturated rings. The number of fused-ring (bicyclic) bond motifs is 1. The second-order valence-electron chi connectivity index (χ2n) is 18.2. The van der Waals surface area contributed by atoms with Crippen LogP contribution in [0.25, 0.3) is 10.8 Å². The van der Waals surface area contributed by atoms with Gasteiger partial charge in [0.05, 0.1) is 47.5 Å². The fourth-order valence-corrected chi connectivity index (χ4v) is 8.97. The van der Waals surface area contributed by atoms with E-state index < -0.39 is 94.8 Å². The summed E-state index contributed by atoms with van der Waals surface area (Å²) in [7, 11) is 1.45. The number of hydrogen-bond donors (Lipinski definition) is 5. The van der Waals surface area contributed by atoms with Crippen LogP contribution >= 0.6 is 0 Å². The third-order valence-corrected chi connectivity index (χ3v) is 13.0. The van der Waals surface area contributed by atoms with Crippen LogP contribution in [0.3, 0.4) is 0 Å². The lowest BCUT2D eigenvalue weighted by Crippen LogP contribution is -2.46. The minimum absolute atomic E-state index is 0.0147. The summed E-state index contributed by atoms with van der Waals surface area (Å²) in [6.45, 7) is 17.3. The van der Waals surface area contributed by atoms with E-state index in [0.29, 0.717) is 0 Å². The van der Waals surface area contributed by atoms with Gasteiger partial charge in [-0.15, -0.1) is 0 Å². The van der Waals surface area contributed by atoms with Gasteiger partial charge in [-0.05, 0) is 25.8 Å². The molecule has 348 valence electrons. The maximum absolute atomic E-state index is 14.7. The Kier molecular flexibility index (Phi) is 13.9. The number of likely N-dealkylation sites (tertiary alicyclic amines) is 1. The zero-order valence-corrected chi connectivity index (χ0v) is 38.4. The molecular formula is C47H62N4O13. The Labute approximate surface area is 372 Å². The van der Waals surface area contributed by atoms with E-state index in [4.69, 9.17) is 33.7 Å². The van der Waals surface area contributed by atoms with Gasteiger partial charge < -0.3 is 54.3 Å².